The zero-order valence-electron chi connectivity index (χ0n) is 8.55. The van der Waals surface area contributed by atoms with Crippen molar-refractivity contribution in [3.63, 3.8) is 0 Å². The topological polar surface area (TPSA) is 61.3 Å². The Labute approximate surface area is 92.3 Å². The molecular formula is C9H16BrFN2O. The van der Waals surface area contributed by atoms with E-state index < -0.39 is 0 Å². The van der Waals surface area contributed by atoms with Crippen LogP contribution in [-0.2, 0) is 4.94 Å². The van der Waals surface area contributed by atoms with Gasteiger partial charge in [-0.15, -0.1) is 0 Å². The molecule has 0 aliphatic heterocycles. The third-order valence-corrected chi connectivity index (χ3v) is 1.54. The fourth-order valence-electron chi connectivity index (χ4n) is 0.546. The Hall–Kier alpha value is -0.810. The molecule has 82 valence electrons. The van der Waals surface area contributed by atoms with Crippen LogP contribution in [0.5, 0.6) is 0 Å². The minimum atomic E-state index is 0.615. The van der Waals surface area contributed by atoms with Gasteiger partial charge in [0, 0.05) is 4.47 Å². The largest absolute Gasteiger partial charge is 0.397 e. The van der Waals surface area contributed by atoms with Gasteiger partial charge in [0.1, 0.15) is 0 Å². The smallest absolute Gasteiger partial charge is 0.0766 e. The molecular weight excluding hydrogens is 251 g/mol. The van der Waals surface area contributed by atoms with E-state index in [0.717, 1.165) is 11.6 Å². The van der Waals surface area contributed by atoms with Gasteiger partial charge in [0.2, 0.25) is 0 Å². The Morgan fingerprint density at radius 3 is 1.93 bits per heavy atom. The maximum Gasteiger partial charge on any atom is 0.0766 e. The number of rotatable bonds is 0. The van der Waals surface area contributed by atoms with Crippen LogP contribution in [0.2, 0.25) is 0 Å². The molecule has 1 aromatic rings. The van der Waals surface area contributed by atoms with Gasteiger partial charge in [0.15, 0.2) is 0 Å². The fourth-order valence-corrected chi connectivity index (χ4v) is 0.924. The van der Waals surface area contributed by atoms with Crippen LogP contribution in [0.4, 0.5) is 15.9 Å². The highest BCUT2D eigenvalue weighted by Crippen LogP contribution is 2.19. The molecule has 0 unspecified atom stereocenters. The minimum absolute atomic E-state index is 0.615. The Balaban J connectivity index is 0. The van der Waals surface area contributed by atoms with Gasteiger partial charge in [0.25, 0.3) is 0 Å². The molecule has 14 heavy (non-hydrogen) atoms. The number of anilines is 2. The first-order chi connectivity index (χ1) is 6.61. The van der Waals surface area contributed by atoms with Crippen LogP contribution in [0.3, 0.4) is 0 Å². The zero-order chi connectivity index (χ0) is 11.6. The highest BCUT2D eigenvalue weighted by molar-refractivity contribution is 9.10. The van der Waals surface area contributed by atoms with Gasteiger partial charge in [-0.3, -0.25) is 0 Å². The predicted octanol–water partition coefficient (Wildman–Crippen LogP) is 3.16. The first-order valence-corrected chi connectivity index (χ1v) is 4.86. The summed E-state index contributed by atoms with van der Waals surface area (Å²) in [6, 6.07) is 5.39. The normalized spacial score (nSPS) is 7.79. The van der Waals surface area contributed by atoms with E-state index in [1.807, 2.05) is 19.9 Å². The molecule has 1 rings (SSSR count). The first kappa shape index (κ1) is 15.7. The second kappa shape index (κ2) is 10.3. The van der Waals surface area contributed by atoms with E-state index in [0.29, 0.717) is 11.4 Å². The summed E-state index contributed by atoms with van der Waals surface area (Å²) in [6.45, 7) is 4.00. The van der Waals surface area contributed by atoms with E-state index in [2.05, 4.69) is 20.9 Å². The van der Waals surface area contributed by atoms with Crippen LogP contribution >= 0.6 is 15.9 Å². The summed E-state index contributed by atoms with van der Waals surface area (Å²) < 4.78 is 10.7. The van der Waals surface area contributed by atoms with Crippen molar-refractivity contribution in [3.05, 3.63) is 22.7 Å². The van der Waals surface area contributed by atoms with Gasteiger partial charge in [-0.2, -0.15) is 4.94 Å². The molecule has 0 aliphatic rings. The first-order valence-electron chi connectivity index (χ1n) is 4.07. The highest BCUT2D eigenvalue weighted by Gasteiger charge is 1.91. The van der Waals surface area contributed by atoms with Crippen LogP contribution in [0, 0.1) is 0 Å². The van der Waals surface area contributed by atoms with Crippen molar-refractivity contribution in [2.24, 2.45) is 0 Å². The lowest BCUT2D eigenvalue weighted by Gasteiger charge is -1.97. The maximum absolute atomic E-state index is 9.79. The van der Waals surface area contributed by atoms with E-state index in [4.69, 9.17) is 11.5 Å². The molecule has 0 heterocycles. The minimum Gasteiger partial charge on any atom is -0.397 e. The monoisotopic (exact) mass is 266 g/mol. The van der Waals surface area contributed by atoms with Crippen LogP contribution in [0.1, 0.15) is 13.8 Å². The van der Waals surface area contributed by atoms with E-state index in [1.165, 1.54) is 0 Å². The van der Waals surface area contributed by atoms with Crippen molar-refractivity contribution in [2.45, 2.75) is 13.8 Å². The van der Waals surface area contributed by atoms with Crippen LogP contribution < -0.4 is 11.5 Å². The van der Waals surface area contributed by atoms with Crippen molar-refractivity contribution in [1.29, 1.82) is 0 Å². The Morgan fingerprint density at radius 1 is 1.21 bits per heavy atom. The molecule has 0 fully saturated rings. The maximum atomic E-state index is 9.79. The molecule has 0 saturated carbocycles. The molecule has 0 atom stereocenters. The van der Waals surface area contributed by atoms with Crippen molar-refractivity contribution in [2.75, 3.05) is 18.6 Å². The average Bonchev–Trinajstić information content (AvgIpc) is 2.17. The Morgan fingerprint density at radius 2 is 1.64 bits per heavy atom. The van der Waals surface area contributed by atoms with Crippen LogP contribution in [0.25, 0.3) is 0 Å². The zero-order valence-corrected chi connectivity index (χ0v) is 10.1. The summed E-state index contributed by atoms with van der Waals surface area (Å²) in [5, 5.41) is 0. The van der Waals surface area contributed by atoms with Crippen molar-refractivity contribution in [3.8, 4) is 0 Å². The lowest BCUT2D eigenvalue weighted by molar-refractivity contribution is -0.0960. The Kier molecular flexibility index (Phi) is 11.5. The summed E-state index contributed by atoms with van der Waals surface area (Å²) in [7, 11) is 0.958. The summed E-state index contributed by atoms with van der Waals surface area (Å²) in [5.41, 5.74) is 12.1. The molecule has 0 amide bonds. The van der Waals surface area contributed by atoms with E-state index >= 15 is 0 Å². The molecule has 1 aromatic carbocycles. The summed E-state index contributed by atoms with van der Waals surface area (Å²) in [5.74, 6) is 0. The number of hydrogen-bond donors (Lipinski definition) is 2. The second-order valence-corrected chi connectivity index (χ2v) is 2.84. The number of nitrogen functional groups attached to an aromatic ring is 2. The van der Waals surface area contributed by atoms with Crippen LogP contribution in [0.15, 0.2) is 22.7 Å². The van der Waals surface area contributed by atoms with Gasteiger partial charge >= 0.3 is 0 Å². The van der Waals surface area contributed by atoms with E-state index in [9.17, 15) is 4.53 Å². The van der Waals surface area contributed by atoms with E-state index in [1.54, 1.807) is 12.1 Å². The molecule has 0 radical (unpaired) electrons. The molecule has 3 nitrogen and oxygen atoms in total. The number of hydrogen-bond acceptors (Lipinski definition) is 3. The predicted molar refractivity (Wildman–Crippen MR) is 62.4 cm³/mol. The van der Waals surface area contributed by atoms with Gasteiger partial charge < -0.3 is 11.5 Å². The average molecular weight is 267 g/mol. The summed E-state index contributed by atoms with van der Waals surface area (Å²) in [6.07, 6.45) is 0. The highest BCUT2D eigenvalue weighted by atomic mass is 79.9. The van der Waals surface area contributed by atoms with Crippen molar-refractivity contribution < 1.29 is 9.47 Å². The SMILES string of the molecule is CC.COF.Nc1ccc(Br)cc1N. The van der Waals surface area contributed by atoms with E-state index in [-0.39, 0.29) is 0 Å². The van der Waals surface area contributed by atoms with Gasteiger partial charge in [-0.25, -0.2) is 0 Å². The van der Waals surface area contributed by atoms with Gasteiger partial charge in [0.05, 0.1) is 18.5 Å². The van der Waals surface area contributed by atoms with Gasteiger partial charge in [-0.1, -0.05) is 29.8 Å². The molecule has 4 N–H and O–H groups in total. The molecule has 0 spiro atoms. The lowest BCUT2D eigenvalue weighted by Crippen LogP contribution is -1.92. The standard InChI is InChI=1S/C6H7BrN2.C2H6.CH3FO/c7-4-1-2-5(8)6(9)3-4;1-2;1-3-2/h1-3H,8-9H2;1-2H3;1H3. The van der Waals surface area contributed by atoms with Crippen LogP contribution in [-0.4, -0.2) is 7.11 Å². The third-order valence-electron chi connectivity index (χ3n) is 1.05. The number of benzene rings is 1. The number of halogens is 2. The van der Waals surface area contributed by atoms with Crippen molar-refractivity contribution in [1.82, 2.24) is 0 Å². The second-order valence-electron chi connectivity index (χ2n) is 1.93. The summed E-state index contributed by atoms with van der Waals surface area (Å²) in [4.78, 5) is 2.75. The fraction of sp³-hybridized carbons (Fsp3) is 0.333. The van der Waals surface area contributed by atoms with Gasteiger partial charge in [-0.05, 0) is 22.7 Å². The molecule has 0 aromatic heterocycles. The molecule has 0 aliphatic carbocycles. The molecule has 5 heteroatoms. The van der Waals surface area contributed by atoms with Crippen molar-refractivity contribution >= 4 is 27.3 Å². The lowest BCUT2D eigenvalue weighted by atomic mass is 10.3. The summed E-state index contributed by atoms with van der Waals surface area (Å²) >= 11 is 3.26. The molecule has 0 saturated heterocycles. The Bertz CT molecular complexity index is 246. The molecule has 0 bridgehead atoms. The number of nitrogens with two attached hydrogens (primary N) is 2. The quantitative estimate of drug-likeness (QED) is 0.710. The third kappa shape index (κ3) is 7.82.